The summed E-state index contributed by atoms with van der Waals surface area (Å²) in [6, 6.07) is 5.86. The number of aromatic nitrogens is 1. The van der Waals surface area contributed by atoms with E-state index < -0.39 is 11.7 Å². The second-order valence-corrected chi connectivity index (χ2v) is 4.69. The predicted octanol–water partition coefficient (Wildman–Crippen LogP) is 4.14. The number of rotatable bonds is 3. The second kappa shape index (κ2) is 5.81. The third-order valence-electron chi connectivity index (χ3n) is 2.86. The molecule has 0 fully saturated rings. The fourth-order valence-corrected chi connectivity index (χ4v) is 2.17. The number of alkyl halides is 3. The monoisotopic (exact) mass is 300 g/mol. The van der Waals surface area contributed by atoms with E-state index in [9.17, 15) is 13.2 Å². The van der Waals surface area contributed by atoms with Gasteiger partial charge in [0.1, 0.15) is 0 Å². The van der Waals surface area contributed by atoms with Crippen LogP contribution < -0.4 is 5.32 Å². The molecule has 0 saturated carbocycles. The molecule has 0 amide bonds. The molecule has 1 aromatic heterocycles. The largest absolute Gasteiger partial charge is 0.417 e. The quantitative estimate of drug-likeness (QED) is 0.921. The molecule has 0 saturated heterocycles. The summed E-state index contributed by atoms with van der Waals surface area (Å²) in [5.74, 6) is 0. The van der Waals surface area contributed by atoms with E-state index in [-0.39, 0.29) is 5.56 Å². The summed E-state index contributed by atoms with van der Waals surface area (Å²) in [5, 5.41) is 3.31. The van der Waals surface area contributed by atoms with E-state index in [2.05, 4.69) is 10.3 Å². The summed E-state index contributed by atoms with van der Waals surface area (Å²) < 4.78 is 39.2. The molecule has 1 heterocycles. The molecule has 0 aliphatic heterocycles. The highest BCUT2D eigenvalue weighted by Crippen LogP contribution is 2.38. The fourth-order valence-electron chi connectivity index (χ4n) is 2.00. The summed E-state index contributed by atoms with van der Waals surface area (Å²) in [4.78, 5) is 3.80. The molecule has 0 atom stereocenters. The molecule has 0 aliphatic carbocycles. The molecule has 2 rings (SSSR count). The molecule has 2 aromatic rings. The molecule has 0 bridgehead atoms. The van der Waals surface area contributed by atoms with E-state index in [1.54, 1.807) is 19.2 Å². The molecule has 0 spiro atoms. The van der Waals surface area contributed by atoms with Crippen molar-refractivity contribution in [2.45, 2.75) is 12.7 Å². The Labute approximate surface area is 119 Å². The number of pyridine rings is 1. The standard InChI is InChI=1S/C14H12ClF3N2/c1-19-7-9-2-3-10(15)6-11(9)12-8-20-5-4-13(12)14(16,17)18/h2-6,8,19H,7H2,1H3. The van der Waals surface area contributed by atoms with E-state index in [4.69, 9.17) is 11.6 Å². The predicted molar refractivity (Wildman–Crippen MR) is 72.4 cm³/mol. The lowest BCUT2D eigenvalue weighted by Crippen LogP contribution is -2.10. The van der Waals surface area contributed by atoms with Crippen molar-refractivity contribution in [1.29, 1.82) is 0 Å². The van der Waals surface area contributed by atoms with Crippen molar-refractivity contribution in [3.05, 3.63) is 52.8 Å². The van der Waals surface area contributed by atoms with Crippen LogP contribution in [0.3, 0.4) is 0 Å². The Bertz CT molecular complexity index is 612. The van der Waals surface area contributed by atoms with Crippen molar-refractivity contribution in [2.75, 3.05) is 7.05 Å². The Morgan fingerprint density at radius 1 is 1.20 bits per heavy atom. The van der Waals surface area contributed by atoms with Crippen LogP contribution in [0.15, 0.2) is 36.7 Å². The number of nitrogens with zero attached hydrogens (tertiary/aromatic N) is 1. The van der Waals surface area contributed by atoms with E-state index in [0.29, 0.717) is 17.1 Å². The van der Waals surface area contributed by atoms with E-state index >= 15 is 0 Å². The lowest BCUT2D eigenvalue weighted by atomic mass is 9.97. The van der Waals surface area contributed by atoms with Crippen molar-refractivity contribution in [3.8, 4) is 11.1 Å². The number of nitrogens with one attached hydrogen (secondary N) is 1. The first-order valence-electron chi connectivity index (χ1n) is 5.88. The third-order valence-corrected chi connectivity index (χ3v) is 3.09. The molecule has 20 heavy (non-hydrogen) atoms. The van der Waals surface area contributed by atoms with Gasteiger partial charge in [-0.3, -0.25) is 4.98 Å². The molecule has 1 N–H and O–H groups in total. The van der Waals surface area contributed by atoms with Crippen molar-refractivity contribution < 1.29 is 13.2 Å². The second-order valence-electron chi connectivity index (χ2n) is 4.25. The highest BCUT2D eigenvalue weighted by atomic mass is 35.5. The van der Waals surface area contributed by atoms with Gasteiger partial charge in [0, 0.05) is 29.5 Å². The highest BCUT2D eigenvalue weighted by Gasteiger charge is 2.34. The Morgan fingerprint density at radius 3 is 2.60 bits per heavy atom. The van der Waals surface area contributed by atoms with Gasteiger partial charge in [-0.2, -0.15) is 13.2 Å². The first-order valence-corrected chi connectivity index (χ1v) is 6.26. The average Bonchev–Trinajstić information content (AvgIpc) is 2.40. The van der Waals surface area contributed by atoms with Gasteiger partial charge in [0.2, 0.25) is 0 Å². The minimum Gasteiger partial charge on any atom is -0.316 e. The summed E-state index contributed by atoms with van der Waals surface area (Å²) in [5.41, 5.74) is 0.488. The normalized spacial score (nSPS) is 11.7. The van der Waals surface area contributed by atoms with Crippen molar-refractivity contribution in [3.63, 3.8) is 0 Å². The molecule has 0 radical (unpaired) electrons. The average molecular weight is 301 g/mol. The van der Waals surface area contributed by atoms with E-state index in [0.717, 1.165) is 17.8 Å². The van der Waals surface area contributed by atoms with Crippen molar-refractivity contribution in [2.24, 2.45) is 0 Å². The Kier molecular flexibility index (Phi) is 4.30. The maximum absolute atomic E-state index is 13.1. The zero-order chi connectivity index (χ0) is 14.8. The Hall–Kier alpha value is -1.59. The van der Waals surface area contributed by atoms with Gasteiger partial charge in [-0.25, -0.2) is 0 Å². The maximum Gasteiger partial charge on any atom is 0.417 e. The number of hydrogen-bond acceptors (Lipinski definition) is 2. The van der Waals surface area contributed by atoms with Crippen LogP contribution in [0.5, 0.6) is 0 Å². The summed E-state index contributed by atoms with van der Waals surface area (Å²) in [6.45, 7) is 0.443. The van der Waals surface area contributed by atoms with Crippen LogP contribution >= 0.6 is 11.6 Å². The van der Waals surface area contributed by atoms with Crippen molar-refractivity contribution >= 4 is 11.6 Å². The van der Waals surface area contributed by atoms with Crippen LogP contribution in [-0.2, 0) is 12.7 Å². The number of halogens is 4. The summed E-state index contributed by atoms with van der Waals surface area (Å²) >= 11 is 5.91. The zero-order valence-electron chi connectivity index (χ0n) is 10.6. The van der Waals surface area contributed by atoms with Gasteiger partial charge in [-0.05, 0) is 36.4 Å². The molecule has 0 aliphatic rings. The highest BCUT2D eigenvalue weighted by molar-refractivity contribution is 6.30. The first-order chi connectivity index (χ1) is 9.43. The first kappa shape index (κ1) is 14.8. The molecule has 106 valence electrons. The van der Waals surface area contributed by atoms with Crippen LogP contribution in [0.1, 0.15) is 11.1 Å². The smallest absolute Gasteiger partial charge is 0.316 e. The van der Waals surface area contributed by atoms with Crippen LogP contribution in [0.2, 0.25) is 5.02 Å². The van der Waals surface area contributed by atoms with Crippen LogP contribution in [0, 0.1) is 0 Å². The zero-order valence-corrected chi connectivity index (χ0v) is 11.4. The van der Waals surface area contributed by atoms with Crippen LogP contribution in [0.4, 0.5) is 13.2 Å². The fraction of sp³-hybridized carbons (Fsp3) is 0.214. The Morgan fingerprint density at radius 2 is 1.95 bits per heavy atom. The molecule has 2 nitrogen and oxygen atoms in total. The van der Waals surface area contributed by atoms with E-state index in [1.807, 2.05) is 0 Å². The molecular weight excluding hydrogens is 289 g/mol. The minimum atomic E-state index is -4.43. The van der Waals surface area contributed by atoms with Gasteiger partial charge in [0.15, 0.2) is 0 Å². The summed E-state index contributed by atoms with van der Waals surface area (Å²) in [7, 11) is 1.73. The number of hydrogen-bond donors (Lipinski definition) is 1. The lowest BCUT2D eigenvalue weighted by molar-refractivity contribution is -0.137. The van der Waals surface area contributed by atoms with Gasteiger partial charge < -0.3 is 5.32 Å². The van der Waals surface area contributed by atoms with Gasteiger partial charge in [0.25, 0.3) is 0 Å². The van der Waals surface area contributed by atoms with Gasteiger partial charge in [-0.15, -0.1) is 0 Å². The maximum atomic E-state index is 13.1. The molecule has 1 aromatic carbocycles. The van der Waals surface area contributed by atoms with E-state index in [1.165, 1.54) is 12.3 Å². The third kappa shape index (κ3) is 3.11. The molecule has 0 unspecified atom stereocenters. The van der Waals surface area contributed by atoms with Crippen molar-refractivity contribution in [1.82, 2.24) is 10.3 Å². The lowest BCUT2D eigenvalue weighted by Gasteiger charge is -2.15. The Balaban J connectivity index is 2.65. The van der Waals surface area contributed by atoms with Crippen LogP contribution in [0.25, 0.3) is 11.1 Å². The topological polar surface area (TPSA) is 24.9 Å². The molecule has 6 heteroatoms. The minimum absolute atomic E-state index is 0.0350. The van der Waals surface area contributed by atoms with Gasteiger partial charge in [0.05, 0.1) is 5.56 Å². The molecular formula is C14H12ClF3N2. The van der Waals surface area contributed by atoms with Gasteiger partial charge in [-0.1, -0.05) is 17.7 Å². The SMILES string of the molecule is CNCc1ccc(Cl)cc1-c1cnccc1C(F)(F)F. The number of benzene rings is 1. The van der Waals surface area contributed by atoms with Crippen LogP contribution in [-0.4, -0.2) is 12.0 Å². The van der Waals surface area contributed by atoms with Gasteiger partial charge >= 0.3 is 6.18 Å². The summed E-state index contributed by atoms with van der Waals surface area (Å²) in [6.07, 6.45) is -2.08.